The molecule has 5 amide bonds. The van der Waals surface area contributed by atoms with E-state index in [0.717, 1.165) is 5.56 Å². The maximum absolute atomic E-state index is 14.9. The Morgan fingerprint density at radius 1 is 0.889 bits per heavy atom. The molecule has 3 fully saturated rings. The summed E-state index contributed by atoms with van der Waals surface area (Å²) in [5, 5.41) is 48.2. The molecule has 81 heavy (non-hydrogen) atoms. The standard InChI is InChI=1S/C61H89ClN6O13/c1-34(2)50-58(75)64-44(28-40-23-25-43(26-24-40)63-57(74)46(29-42-21-17-18-22-45(42)62)65-56(73)41-19-15-14-16-20-41)30-48(69)68(12)33-35(3)31-60(8,76)54(81-59-51(70)47(67(10)11)27-36(4)78-59)37(5)52(38(6)55(72)66-50)80-49-32-61(9,77-13)53(71)39(7)79-49/h14-26,34-39,44,46-47,49-54,59,70-71,76H,27-33H2,1-13H3,(H,63,74)(H,64,75)(H,65,73)(H,66,72)/t35-,36-,37+,38-,39+,44-,46+,47+,49+,50+,51-,52+,53+,54-,59+,60-,61-/m1/s1. The number of aliphatic hydroxyl groups excluding tert-OH is 2. The lowest BCUT2D eigenvalue weighted by Gasteiger charge is -2.49. The molecule has 3 aliphatic rings. The predicted octanol–water partition coefficient (Wildman–Crippen LogP) is 5.50. The van der Waals surface area contributed by atoms with Crippen molar-refractivity contribution in [3.8, 4) is 0 Å². The minimum Gasteiger partial charge on any atom is -0.387 e. The van der Waals surface area contributed by atoms with Gasteiger partial charge in [0.2, 0.25) is 23.6 Å². The smallest absolute Gasteiger partial charge is 0.251 e. The van der Waals surface area contributed by atoms with Crippen LogP contribution in [0.25, 0.3) is 0 Å². The van der Waals surface area contributed by atoms with Gasteiger partial charge in [-0.2, -0.15) is 0 Å². The van der Waals surface area contributed by atoms with Crippen LogP contribution in [0.5, 0.6) is 0 Å². The summed E-state index contributed by atoms with van der Waals surface area (Å²) in [6, 6.07) is 19.5. The summed E-state index contributed by atoms with van der Waals surface area (Å²) in [4.78, 5) is 74.7. The van der Waals surface area contributed by atoms with E-state index < -0.39 is 114 Å². The molecule has 3 aliphatic heterocycles. The molecule has 0 saturated carbocycles. The highest BCUT2D eigenvalue weighted by molar-refractivity contribution is 6.31. The van der Waals surface area contributed by atoms with Crippen molar-refractivity contribution in [2.24, 2.45) is 23.7 Å². The van der Waals surface area contributed by atoms with Gasteiger partial charge in [0.15, 0.2) is 12.6 Å². The van der Waals surface area contributed by atoms with E-state index in [1.165, 1.54) is 7.11 Å². The highest BCUT2D eigenvalue weighted by atomic mass is 35.5. The fourth-order valence-electron chi connectivity index (χ4n) is 11.7. The topological polar surface area (TPSA) is 247 Å². The summed E-state index contributed by atoms with van der Waals surface area (Å²) < 4.78 is 32.1. The number of hydrogen-bond donors (Lipinski definition) is 7. The highest BCUT2D eigenvalue weighted by Gasteiger charge is 2.51. The Balaban J connectivity index is 1.30. The van der Waals surface area contributed by atoms with Crippen LogP contribution < -0.4 is 21.3 Å². The van der Waals surface area contributed by atoms with Crippen molar-refractivity contribution in [1.82, 2.24) is 25.8 Å². The molecule has 0 aromatic heterocycles. The number of nitrogens with one attached hydrogen (secondary N) is 4. The third-order valence-corrected chi connectivity index (χ3v) is 16.8. The molecular formula is C61H89ClN6O13. The number of aliphatic hydroxyl groups is 3. The Hall–Kier alpha value is -5.06. The van der Waals surface area contributed by atoms with Crippen LogP contribution in [-0.2, 0) is 55.7 Å². The number of halogens is 1. The summed E-state index contributed by atoms with van der Waals surface area (Å²) in [5.74, 6) is -4.94. The van der Waals surface area contributed by atoms with Crippen LogP contribution in [0.3, 0.4) is 0 Å². The first-order chi connectivity index (χ1) is 38.1. The summed E-state index contributed by atoms with van der Waals surface area (Å²) in [5.41, 5.74) is -0.572. The second kappa shape index (κ2) is 28.5. The van der Waals surface area contributed by atoms with Gasteiger partial charge in [0.25, 0.3) is 5.91 Å². The molecule has 0 unspecified atom stereocenters. The van der Waals surface area contributed by atoms with E-state index in [2.05, 4.69) is 21.3 Å². The van der Waals surface area contributed by atoms with Crippen molar-refractivity contribution >= 4 is 46.8 Å². The van der Waals surface area contributed by atoms with Gasteiger partial charge in [-0.15, -0.1) is 0 Å². The fourth-order valence-corrected chi connectivity index (χ4v) is 11.9. The van der Waals surface area contributed by atoms with Gasteiger partial charge in [-0.3, -0.25) is 24.0 Å². The second-order valence-electron chi connectivity index (χ2n) is 24.0. The number of carbonyl (C=O) groups is 5. The van der Waals surface area contributed by atoms with Gasteiger partial charge in [0.1, 0.15) is 24.3 Å². The third-order valence-electron chi connectivity index (χ3n) is 16.4. The first-order valence-corrected chi connectivity index (χ1v) is 28.7. The Labute approximate surface area is 483 Å². The first kappa shape index (κ1) is 65.1. The lowest BCUT2D eigenvalue weighted by atomic mass is 9.77. The third kappa shape index (κ3) is 17.0. The minimum atomic E-state index is -1.71. The molecule has 17 atom stereocenters. The molecule has 0 radical (unpaired) electrons. The fraction of sp³-hybridized carbons (Fsp3) is 0.623. The van der Waals surface area contributed by atoms with E-state index in [4.69, 9.17) is 35.3 Å². The Morgan fingerprint density at radius 2 is 1.54 bits per heavy atom. The number of nitrogens with zero attached hydrogens (tertiary/aromatic N) is 2. The highest BCUT2D eigenvalue weighted by Crippen LogP contribution is 2.39. The zero-order valence-electron chi connectivity index (χ0n) is 49.4. The Morgan fingerprint density at radius 3 is 2.17 bits per heavy atom. The van der Waals surface area contributed by atoms with E-state index in [0.29, 0.717) is 28.3 Å². The number of methoxy groups -OCH3 is 1. The van der Waals surface area contributed by atoms with Crippen molar-refractivity contribution in [1.29, 1.82) is 0 Å². The first-order valence-electron chi connectivity index (χ1n) is 28.4. The Kier molecular flexibility index (Phi) is 22.9. The summed E-state index contributed by atoms with van der Waals surface area (Å²) in [7, 11) is 6.89. The van der Waals surface area contributed by atoms with Crippen molar-refractivity contribution in [3.05, 3.63) is 101 Å². The number of anilines is 1. The SMILES string of the molecule is CO[C@]1(C)C[C@H](O[C@H]2[C@H](C)[C@@H](O[C@@H]3O[C@H](C)C[C@H](N(C)C)[C@H]3O)[C@](C)(O)C[C@@H](C)CN(C)C(=O)C[C@@H](Cc3ccc(NC(=O)[C@H](Cc4ccccc4Cl)NC(=O)c4ccccc4)cc3)NC(=O)[C@H](C(C)C)NC(=O)[C@@H]2C)O[C@@H](C)[C@@H]1O. The lowest BCUT2D eigenvalue weighted by molar-refractivity contribution is -0.317. The maximum Gasteiger partial charge on any atom is 0.251 e. The van der Waals surface area contributed by atoms with Crippen LogP contribution >= 0.6 is 11.6 Å². The van der Waals surface area contributed by atoms with E-state index >= 15 is 0 Å². The van der Waals surface area contributed by atoms with Crippen molar-refractivity contribution in [3.63, 3.8) is 0 Å². The molecule has 0 aliphatic carbocycles. The monoisotopic (exact) mass is 1150 g/mol. The van der Waals surface area contributed by atoms with Gasteiger partial charge >= 0.3 is 0 Å². The maximum atomic E-state index is 14.9. The zero-order valence-corrected chi connectivity index (χ0v) is 50.1. The normalized spacial score (nSPS) is 33.5. The molecule has 19 nitrogen and oxygen atoms in total. The molecule has 0 spiro atoms. The van der Waals surface area contributed by atoms with Crippen LogP contribution in [0.4, 0.5) is 5.69 Å². The lowest BCUT2D eigenvalue weighted by Crippen LogP contribution is -2.61. The Bertz CT molecular complexity index is 2580. The molecule has 3 aromatic rings. The van der Waals surface area contributed by atoms with Crippen LogP contribution in [0.2, 0.25) is 5.02 Å². The average molecular weight is 1150 g/mol. The molecule has 7 N–H and O–H groups in total. The average Bonchev–Trinajstić information content (AvgIpc) is 3.51. The second-order valence-corrected chi connectivity index (χ2v) is 24.4. The van der Waals surface area contributed by atoms with Gasteiger partial charge in [-0.25, -0.2) is 0 Å². The van der Waals surface area contributed by atoms with E-state index in [1.807, 2.05) is 32.8 Å². The molecule has 448 valence electrons. The van der Waals surface area contributed by atoms with Gasteiger partial charge in [0.05, 0.1) is 41.5 Å². The van der Waals surface area contributed by atoms with Crippen LogP contribution in [0, 0.1) is 23.7 Å². The zero-order chi connectivity index (χ0) is 59.7. The summed E-state index contributed by atoms with van der Waals surface area (Å²) in [6.45, 7) is 16.2. The number of carbonyl (C=O) groups excluding carboxylic acids is 5. The largest absolute Gasteiger partial charge is 0.387 e. The molecule has 3 heterocycles. The summed E-state index contributed by atoms with van der Waals surface area (Å²) in [6.07, 6.45) is -6.80. The number of benzene rings is 3. The molecule has 6 rings (SSSR count). The number of ether oxygens (including phenoxy) is 5. The number of amides is 5. The van der Waals surface area contributed by atoms with Gasteiger partial charge in [-0.1, -0.05) is 94.8 Å². The van der Waals surface area contributed by atoms with E-state index in [1.54, 1.807) is 139 Å². The van der Waals surface area contributed by atoms with Crippen molar-refractivity contribution < 1.29 is 63.0 Å². The molecule has 3 aromatic carbocycles. The van der Waals surface area contributed by atoms with Gasteiger partial charge in [0, 0.05) is 74.2 Å². The number of hydrogen-bond acceptors (Lipinski definition) is 14. The van der Waals surface area contributed by atoms with Crippen LogP contribution in [0.1, 0.15) is 109 Å². The van der Waals surface area contributed by atoms with Crippen molar-refractivity contribution in [2.75, 3.05) is 40.1 Å². The van der Waals surface area contributed by atoms with E-state index in [9.17, 15) is 39.3 Å². The van der Waals surface area contributed by atoms with E-state index in [-0.39, 0.29) is 62.6 Å². The summed E-state index contributed by atoms with van der Waals surface area (Å²) >= 11 is 6.50. The predicted molar refractivity (Wildman–Crippen MR) is 308 cm³/mol. The molecule has 20 heteroatoms. The quantitative estimate of drug-likeness (QED) is 0.0995. The van der Waals surface area contributed by atoms with Gasteiger partial charge in [-0.05, 0) is 114 Å². The molecule has 0 bridgehead atoms. The minimum absolute atomic E-state index is 0.0773. The number of rotatable bonds is 15. The van der Waals surface area contributed by atoms with Gasteiger partial charge < -0.3 is 70.1 Å². The van der Waals surface area contributed by atoms with Crippen molar-refractivity contribution in [2.45, 2.75) is 185 Å². The molecule has 3 saturated heterocycles. The number of likely N-dealkylation sites (N-methyl/N-ethyl adjacent to an activating group) is 1. The van der Waals surface area contributed by atoms with Crippen LogP contribution in [0.15, 0.2) is 78.9 Å². The van der Waals surface area contributed by atoms with Crippen LogP contribution in [-0.4, -0.2) is 174 Å². The molecular weight excluding hydrogens is 1060 g/mol.